The second-order valence-electron chi connectivity index (χ2n) is 9.30. The van der Waals surface area contributed by atoms with Crippen LogP contribution in [0.2, 0.25) is 0 Å². The predicted molar refractivity (Wildman–Crippen MR) is 125 cm³/mol. The summed E-state index contributed by atoms with van der Waals surface area (Å²) in [5, 5.41) is 0. The van der Waals surface area contributed by atoms with Gasteiger partial charge in [-0.15, -0.1) is 0 Å². The van der Waals surface area contributed by atoms with Crippen LogP contribution in [0.4, 0.5) is 10.2 Å². The summed E-state index contributed by atoms with van der Waals surface area (Å²) in [5.41, 5.74) is 0.469. The van der Waals surface area contributed by atoms with Crippen molar-refractivity contribution in [2.45, 2.75) is 19.3 Å². The molecule has 2 aromatic rings. The molecule has 0 radical (unpaired) electrons. The van der Waals surface area contributed by atoms with Gasteiger partial charge < -0.3 is 14.7 Å². The number of likely N-dealkylation sites (tertiary alicyclic amines) is 1. The van der Waals surface area contributed by atoms with Crippen molar-refractivity contribution in [1.29, 1.82) is 0 Å². The highest BCUT2D eigenvalue weighted by atomic mass is 19.1. The Kier molecular flexibility index (Phi) is 5.87. The van der Waals surface area contributed by atoms with Gasteiger partial charge in [0.25, 0.3) is 0 Å². The lowest BCUT2D eigenvalue weighted by atomic mass is 9.90. The van der Waals surface area contributed by atoms with Crippen molar-refractivity contribution in [3.63, 3.8) is 0 Å². The molecule has 2 aliphatic heterocycles. The predicted octanol–water partition coefficient (Wildman–Crippen LogP) is 3.21. The van der Waals surface area contributed by atoms with Crippen molar-refractivity contribution in [3.8, 4) is 0 Å². The molecule has 1 aromatic carbocycles. The molecule has 0 N–H and O–H groups in total. The number of nitrogens with zero attached hydrogens (tertiary/aromatic N) is 4. The normalized spacial score (nSPS) is 22.1. The minimum absolute atomic E-state index is 0.0568. The summed E-state index contributed by atoms with van der Waals surface area (Å²) < 4.78 is 13.8. The maximum atomic E-state index is 13.8. The van der Waals surface area contributed by atoms with Gasteiger partial charge in [0.2, 0.25) is 11.8 Å². The van der Waals surface area contributed by atoms with Gasteiger partial charge in [0, 0.05) is 63.0 Å². The molecule has 2 amide bonds. The monoisotopic (exact) mass is 448 g/mol. The van der Waals surface area contributed by atoms with Gasteiger partial charge in [0.1, 0.15) is 11.6 Å². The van der Waals surface area contributed by atoms with Gasteiger partial charge in [0.05, 0.1) is 0 Å². The molecule has 2 saturated heterocycles. The summed E-state index contributed by atoms with van der Waals surface area (Å²) in [6.07, 6.45) is 7.43. The summed E-state index contributed by atoms with van der Waals surface area (Å²) in [4.78, 5) is 36.2. The molecule has 1 atom stereocenters. The van der Waals surface area contributed by atoms with E-state index in [4.69, 9.17) is 0 Å². The fourth-order valence-corrected chi connectivity index (χ4v) is 5.22. The number of piperidine rings is 1. The van der Waals surface area contributed by atoms with E-state index in [0.717, 1.165) is 51.3 Å². The molecule has 3 fully saturated rings. The quantitative estimate of drug-likeness (QED) is 0.674. The Morgan fingerprint density at radius 2 is 1.67 bits per heavy atom. The van der Waals surface area contributed by atoms with Crippen molar-refractivity contribution in [2.24, 2.45) is 11.3 Å². The third-order valence-corrected chi connectivity index (χ3v) is 7.43. The fraction of sp³-hybridized carbons (Fsp3) is 0.423. The Bertz CT molecular complexity index is 1040. The number of hydrogen-bond donors (Lipinski definition) is 0. The largest absolute Gasteiger partial charge is 0.353 e. The molecule has 1 spiro atoms. The molecule has 0 unspecified atom stereocenters. The molecule has 1 aliphatic carbocycles. The van der Waals surface area contributed by atoms with E-state index in [-0.39, 0.29) is 29.0 Å². The summed E-state index contributed by atoms with van der Waals surface area (Å²) in [6.45, 7) is 4.37. The van der Waals surface area contributed by atoms with Crippen LogP contribution in [0.1, 0.15) is 24.8 Å². The van der Waals surface area contributed by atoms with Gasteiger partial charge in [-0.3, -0.25) is 9.59 Å². The smallest absolute Gasteiger partial charge is 0.246 e. The Hall–Kier alpha value is -3.22. The standard InChI is InChI=1S/C26H29FN4O2/c27-22-6-2-1-5-20(22)8-9-24(32)30-13-10-26(11-14-30)19-21(26)25(33)31-17-15-29(16-18-31)23-7-3-4-12-28-23/h1-9,12,21H,10-11,13-19H2/b9-8+/t21-/m1/s1. The third-order valence-electron chi connectivity index (χ3n) is 7.43. The SMILES string of the molecule is O=C(/C=C/c1ccccc1F)N1CCC2(CC1)C[C@@H]2C(=O)N1CCN(c2ccccn2)CC1. The van der Waals surface area contributed by atoms with Crippen LogP contribution in [-0.4, -0.2) is 65.9 Å². The van der Waals surface area contributed by atoms with Crippen LogP contribution < -0.4 is 4.90 Å². The van der Waals surface area contributed by atoms with Crippen LogP contribution in [0.25, 0.3) is 6.08 Å². The zero-order valence-corrected chi connectivity index (χ0v) is 18.7. The van der Waals surface area contributed by atoms with E-state index in [0.29, 0.717) is 18.7 Å². The maximum absolute atomic E-state index is 13.8. The van der Waals surface area contributed by atoms with Crippen molar-refractivity contribution in [1.82, 2.24) is 14.8 Å². The highest BCUT2D eigenvalue weighted by Gasteiger charge is 2.59. The van der Waals surface area contributed by atoms with E-state index in [1.807, 2.05) is 28.0 Å². The number of pyridine rings is 1. The first kappa shape index (κ1) is 21.6. The molecule has 1 saturated carbocycles. The van der Waals surface area contributed by atoms with E-state index in [1.165, 1.54) is 18.2 Å². The summed E-state index contributed by atoms with van der Waals surface area (Å²) in [6, 6.07) is 12.3. The molecule has 5 rings (SSSR count). The Labute approximate surface area is 193 Å². The van der Waals surface area contributed by atoms with Gasteiger partial charge >= 0.3 is 0 Å². The lowest BCUT2D eigenvalue weighted by Gasteiger charge is -2.37. The summed E-state index contributed by atoms with van der Waals surface area (Å²) in [7, 11) is 0. The van der Waals surface area contributed by atoms with Gasteiger partial charge in [0.15, 0.2) is 0 Å². The number of anilines is 1. The number of piperazine rings is 1. The van der Waals surface area contributed by atoms with E-state index < -0.39 is 0 Å². The highest BCUT2D eigenvalue weighted by molar-refractivity contribution is 5.92. The Balaban J connectivity index is 1.10. The van der Waals surface area contributed by atoms with E-state index in [1.54, 1.807) is 24.4 Å². The number of carbonyl (C=O) groups is 2. The van der Waals surface area contributed by atoms with Gasteiger partial charge in [-0.25, -0.2) is 9.37 Å². The van der Waals surface area contributed by atoms with E-state index in [2.05, 4.69) is 9.88 Å². The minimum atomic E-state index is -0.334. The van der Waals surface area contributed by atoms with Crippen LogP contribution in [0.15, 0.2) is 54.7 Å². The van der Waals surface area contributed by atoms with Crippen LogP contribution in [0, 0.1) is 17.2 Å². The fourth-order valence-electron chi connectivity index (χ4n) is 5.22. The topological polar surface area (TPSA) is 56.8 Å². The van der Waals surface area contributed by atoms with Gasteiger partial charge in [-0.1, -0.05) is 24.3 Å². The number of aromatic nitrogens is 1. The van der Waals surface area contributed by atoms with Crippen molar-refractivity contribution < 1.29 is 14.0 Å². The number of amides is 2. The lowest BCUT2D eigenvalue weighted by Crippen LogP contribution is -2.50. The molecule has 3 aliphatic rings. The molecule has 3 heterocycles. The first-order valence-corrected chi connectivity index (χ1v) is 11.7. The molecule has 0 bridgehead atoms. The number of hydrogen-bond acceptors (Lipinski definition) is 4. The van der Waals surface area contributed by atoms with E-state index in [9.17, 15) is 14.0 Å². The molecule has 1 aromatic heterocycles. The molecule has 33 heavy (non-hydrogen) atoms. The average Bonchev–Trinajstić information content (AvgIpc) is 3.56. The van der Waals surface area contributed by atoms with Crippen molar-refractivity contribution in [3.05, 3.63) is 66.1 Å². The van der Waals surface area contributed by atoms with E-state index >= 15 is 0 Å². The molecule has 6 nitrogen and oxygen atoms in total. The molecular formula is C26H29FN4O2. The van der Waals surface area contributed by atoms with Crippen LogP contribution in [0.3, 0.4) is 0 Å². The number of benzene rings is 1. The first-order chi connectivity index (χ1) is 16.1. The summed E-state index contributed by atoms with van der Waals surface area (Å²) >= 11 is 0. The molecule has 172 valence electrons. The average molecular weight is 449 g/mol. The van der Waals surface area contributed by atoms with Crippen LogP contribution >= 0.6 is 0 Å². The van der Waals surface area contributed by atoms with Gasteiger partial charge in [-0.05, 0) is 49.0 Å². The molecular weight excluding hydrogens is 419 g/mol. The maximum Gasteiger partial charge on any atom is 0.246 e. The minimum Gasteiger partial charge on any atom is -0.353 e. The second-order valence-corrected chi connectivity index (χ2v) is 9.30. The number of carbonyl (C=O) groups excluding carboxylic acids is 2. The number of halogens is 1. The first-order valence-electron chi connectivity index (χ1n) is 11.7. The second kappa shape index (κ2) is 8.96. The zero-order valence-electron chi connectivity index (χ0n) is 18.7. The number of rotatable bonds is 4. The van der Waals surface area contributed by atoms with Crippen molar-refractivity contribution >= 4 is 23.7 Å². The van der Waals surface area contributed by atoms with Crippen LogP contribution in [0.5, 0.6) is 0 Å². The summed E-state index contributed by atoms with van der Waals surface area (Å²) in [5.74, 6) is 0.898. The Morgan fingerprint density at radius 1 is 0.939 bits per heavy atom. The van der Waals surface area contributed by atoms with Gasteiger partial charge in [-0.2, -0.15) is 0 Å². The highest BCUT2D eigenvalue weighted by Crippen LogP contribution is 2.60. The molecule has 7 heteroatoms. The van der Waals surface area contributed by atoms with Crippen LogP contribution in [-0.2, 0) is 9.59 Å². The lowest BCUT2D eigenvalue weighted by molar-refractivity contribution is -0.134. The Morgan fingerprint density at radius 3 is 2.36 bits per heavy atom. The zero-order chi connectivity index (χ0) is 22.8. The third kappa shape index (κ3) is 4.49. The van der Waals surface area contributed by atoms with Crippen molar-refractivity contribution in [2.75, 3.05) is 44.2 Å².